The van der Waals surface area contributed by atoms with Crippen molar-refractivity contribution >= 4 is 38.4 Å². The van der Waals surface area contributed by atoms with Crippen molar-refractivity contribution in [2.45, 2.75) is 24.6 Å². The highest BCUT2D eigenvalue weighted by molar-refractivity contribution is 8.16. The van der Waals surface area contributed by atoms with Crippen LogP contribution in [0.3, 0.4) is 0 Å². The van der Waals surface area contributed by atoms with Crippen molar-refractivity contribution < 1.29 is 17.9 Å². The number of rotatable bonds is 4. The largest absolute Gasteiger partial charge is 0.496 e. The molecule has 0 unspecified atom stereocenters. The van der Waals surface area contributed by atoms with Crippen LogP contribution in [-0.2, 0) is 21.1 Å². The normalized spacial score (nSPS) is 23.9. The van der Waals surface area contributed by atoms with E-state index in [4.69, 9.17) is 4.74 Å². The molecule has 1 amide bonds. The molecule has 4 rings (SSSR count). The molecule has 0 aliphatic carbocycles. The predicted molar refractivity (Wildman–Crippen MR) is 117 cm³/mol. The molecule has 6 nitrogen and oxygen atoms in total. The molecule has 2 fully saturated rings. The Morgan fingerprint density at radius 3 is 2.62 bits per heavy atom. The van der Waals surface area contributed by atoms with Gasteiger partial charge in [0.15, 0.2) is 15.0 Å². The SMILES string of the molecule is COc1ccccc1CC(=O)N=C1S[C@H]2CS(=O)(=O)C[C@H]2N1c1ccc(C)cc1. The Morgan fingerprint density at radius 2 is 1.90 bits per heavy atom. The molecule has 0 spiro atoms. The van der Waals surface area contributed by atoms with Gasteiger partial charge in [0.25, 0.3) is 5.91 Å². The lowest BCUT2D eigenvalue weighted by molar-refractivity contribution is -0.117. The van der Waals surface area contributed by atoms with Gasteiger partial charge >= 0.3 is 0 Å². The van der Waals surface area contributed by atoms with Crippen LogP contribution >= 0.6 is 11.8 Å². The summed E-state index contributed by atoms with van der Waals surface area (Å²) in [4.78, 5) is 19.0. The lowest BCUT2D eigenvalue weighted by atomic mass is 10.1. The van der Waals surface area contributed by atoms with Crippen LogP contribution in [0, 0.1) is 6.92 Å². The first-order chi connectivity index (χ1) is 13.9. The molecular formula is C21H22N2O4S2. The maximum absolute atomic E-state index is 12.7. The van der Waals surface area contributed by atoms with E-state index in [9.17, 15) is 13.2 Å². The van der Waals surface area contributed by atoms with E-state index in [0.29, 0.717) is 10.9 Å². The number of aliphatic imine (C=N–C) groups is 1. The number of methoxy groups -OCH3 is 1. The van der Waals surface area contributed by atoms with E-state index < -0.39 is 9.84 Å². The topological polar surface area (TPSA) is 76.0 Å². The van der Waals surface area contributed by atoms with Gasteiger partial charge < -0.3 is 9.64 Å². The number of carbonyl (C=O) groups excluding carboxylic acids is 1. The lowest BCUT2D eigenvalue weighted by Crippen LogP contribution is -2.37. The van der Waals surface area contributed by atoms with Crippen LogP contribution in [0.5, 0.6) is 5.75 Å². The van der Waals surface area contributed by atoms with Gasteiger partial charge in [0.2, 0.25) is 0 Å². The summed E-state index contributed by atoms with van der Waals surface area (Å²) in [6.45, 7) is 2.00. The smallest absolute Gasteiger partial charge is 0.252 e. The number of anilines is 1. The molecule has 152 valence electrons. The molecule has 2 saturated heterocycles. The van der Waals surface area contributed by atoms with Gasteiger partial charge in [-0.05, 0) is 25.1 Å². The highest BCUT2D eigenvalue weighted by Crippen LogP contribution is 2.41. The third-order valence-electron chi connectivity index (χ3n) is 5.13. The number of amides is 1. The Balaban J connectivity index is 1.64. The Kier molecular flexibility index (Phi) is 5.40. The highest BCUT2D eigenvalue weighted by Gasteiger charge is 2.49. The lowest BCUT2D eigenvalue weighted by Gasteiger charge is -2.24. The number of nitrogens with zero attached hydrogens (tertiary/aromatic N) is 2. The zero-order valence-electron chi connectivity index (χ0n) is 16.2. The van der Waals surface area contributed by atoms with E-state index >= 15 is 0 Å². The van der Waals surface area contributed by atoms with Crippen LogP contribution in [0.1, 0.15) is 11.1 Å². The van der Waals surface area contributed by atoms with E-state index in [2.05, 4.69) is 4.99 Å². The van der Waals surface area contributed by atoms with Gasteiger partial charge in [0, 0.05) is 16.5 Å². The van der Waals surface area contributed by atoms with E-state index in [1.807, 2.05) is 60.4 Å². The van der Waals surface area contributed by atoms with E-state index in [0.717, 1.165) is 16.8 Å². The molecule has 0 radical (unpaired) electrons. The summed E-state index contributed by atoms with van der Waals surface area (Å²) >= 11 is 1.38. The number of carbonyl (C=O) groups is 1. The van der Waals surface area contributed by atoms with Crippen LogP contribution in [0.25, 0.3) is 0 Å². The van der Waals surface area contributed by atoms with E-state index in [1.165, 1.54) is 11.8 Å². The second kappa shape index (κ2) is 7.84. The van der Waals surface area contributed by atoms with Crippen LogP contribution in [0.15, 0.2) is 53.5 Å². The number of para-hydroxylation sites is 1. The molecule has 8 heteroatoms. The minimum atomic E-state index is -3.08. The molecule has 2 aliphatic heterocycles. The molecule has 0 aromatic heterocycles. The third kappa shape index (κ3) is 4.18. The van der Waals surface area contributed by atoms with Crippen molar-refractivity contribution in [1.29, 1.82) is 0 Å². The number of sulfone groups is 1. The quantitative estimate of drug-likeness (QED) is 0.743. The number of hydrogen-bond acceptors (Lipinski definition) is 5. The highest BCUT2D eigenvalue weighted by atomic mass is 32.2. The fraction of sp³-hybridized carbons (Fsp3) is 0.333. The summed E-state index contributed by atoms with van der Waals surface area (Å²) in [7, 11) is -1.51. The summed E-state index contributed by atoms with van der Waals surface area (Å²) in [5, 5.41) is 0.456. The zero-order chi connectivity index (χ0) is 20.6. The van der Waals surface area contributed by atoms with Gasteiger partial charge in [0.1, 0.15) is 5.75 Å². The van der Waals surface area contributed by atoms with Gasteiger partial charge in [-0.3, -0.25) is 4.79 Å². The maximum Gasteiger partial charge on any atom is 0.252 e. The Labute approximate surface area is 174 Å². The van der Waals surface area contributed by atoms with E-state index in [1.54, 1.807) is 7.11 Å². The minimum absolute atomic E-state index is 0.0816. The summed E-state index contributed by atoms with van der Waals surface area (Å²) in [5.74, 6) is 0.568. The first-order valence-electron chi connectivity index (χ1n) is 9.33. The maximum atomic E-state index is 12.7. The summed E-state index contributed by atoms with van der Waals surface area (Å²) < 4.78 is 29.6. The molecule has 2 atom stereocenters. The van der Waals surface area contributed by atoms with Crippen molar-refractivity contribution in [2.75, 3.05) is 23.5 Å². The molecule has 2 heterocycles. The van der Waals surface area contributed by atoms with Gasteiger partial charge in [-0.25, -0.2) is 8.42 Å². The summed E-state index contributed by atoms with van der Waals surface area (Å²) in [6, 6.07) is 15.0. The Bertz CT molecular complexity index is 1060. The first kappa shape index (κ1) is 20.0. The number of hydrogen-bond donors (Lipinski definition) is 0. The van der Waals surface area contributed by atoms with Gasteiger partial charge in [0.05, 0.1) is 31.1 Å². The summed E-state index contributed by atoms with van der Waals surface area (Å²) in [6.07, 6.45) is 0.128. The van der Waals surface area contributed by atoms with Gasteiger partial charge in [-0.2, -0.15) is 4.99 Å². The standard InChI is InChI=1S/C21H22N2O4S2/c1-14-7-9-16(10-8-14)23-17-12-29(25,26)13-19(17)28-21(23)22-20(24)11-15-5-3-4-6-18(15)27-2/h3-10,17,19H,11-13H2,1-2H3/t17-,19+/m1/s1. The number of aryl methyl sites for hydroxylation is 1. The van der Waals surface area contributed by atoms with Crippen molar-refractivity contribution in [3.63, 3.8) is 0 Å². The van der Waals surface area contributed by atoms with Crippen molar-refractivity contribution in [3.05, 3.63) is 59.7 Å². The van der Waals surface area contributed by atoms with Crippen LogP contribution in [-0.4, -0.2) is 49.4 Å². The van der Waals surface area contributed by atoms with Crippen LogP contribution in [0.4, 0.5) is 5.69 Å². The van der Waals surface area contributed by atoms with Crippen molar-refractivity contribution in [2.24, 2.45) is 4.99 Å². The van der Waals surface area contributed by atoms with Gasteiger partial charge in [-0.15, -0.1) is 0 Å². The van der Waals surface area contributed by atoms with Gasteiger partial charge in [-0.1, -0.05) is 47.7 Å². The fourth-order valence-corrected chi connectivity index (χ4v) is 7.66. The average Bonchev–Trinajstić information content (AvgIpc) is 3.13. The fourth-order valence-electron chi connectivity index (χ4n) is 3.73. The molecule has 0 saturated carbocycles. The Morgan fingerprint density at radius 1 is 1.17 bits per heavy atom. The number of thioether (sulfide) groups is 1. The monoisotopic (exact) mass is 430 g/mol. The predicted octanol–water partition coefficient (Wildman–Crippen LogP) is 2.85. The molecule has 2 aromatic rings. The van der Waals surface area contributed by atoms with Crippen LogP contribution in [0.2, 0.25) is 0 Å². The van der Waals surface area contributed by atoms with Crippen molar-refractivity contribution in [1.82, 2.24) is 0 Å². The average molecular weight is 431 g/mol. The number of ether oxygens (including phenoxy) is 1. The number of amidine groups is 1. The molecule has 0 bridgehead atoms. The zero-order valence-corrected chi connectivity index (χ0v) is 17.9. The van der Waals surface area contributed by atoms with E-state index in [-0.39, 0.29) is 35.1 Å². The second-order valence-electron chi connectivity index (χ2n) is 7.28. The Hall–Kier alpha value is -2.32. The van der Waals surface area contributed by atoms with Crippen LogP contribution < -0.4 is 9.64 Å². The molecular weight excluding hydrogens is 408 g/mol. The minimum Gasteiger partial charge on any atom is -0.496 e. The number of benzene rings is 2. The molecule has 0 N–H and O–H groups in total. The first-order valence-corrected chi connectivity index (χ1v) is 12.0. The molecule has 2 aromatic carbocycles. The second-order valence-corrected chi connectivity index (χ2v) is 10.6. The van der Waals surface area contributed by atoms with Crippen molar-refractivity contribution in [3.8, 4) is 5.75 Å². The molecule has 2 aliphatic rings. The molecule has 29 heavy (non-hydrogen) atoms. The number of fused-ring (bicyclic) bond motifs is 1. The summed E-state index contributed by atoms with van der Waals surface area (Å²) in [5.41, 5.74) is 2.75. The third-order valence-corrected chi connectivity index (χ3v) is 8.34.